The highest BCUT2D eigenvalue weighted by Crippen LogP contribution is 2.45. The molecule has 3 aromatic heterocycles. The van der Waals surface area contributed by atoms with Crippen LogP contribution in [0.3, 0.4) is 0 Å². The minimum atomic E-state index is -0.119. The molecule has 3 heterocycles. The van der Waals surface area contributed by atoms with Gasteiger partial charge in [0.2, 0.25) is 0 Å². The smallest absolute Gasteiger partial charge is 0.259 e. The van der Waals surface area contributed by atoms with Crippen molar-refractivity contribution in [2.45, 2.75) is 53.9 Å². The maximum atomic E-state index is 13.6. The van der Waals surface area contributed by atoms with Crippen molar-refractivity contribution in [2.24, 2.45) is 16.3 Å². The second-order valence-corrected chi connectivity index (χ2v) is 12.6. The van der Waals surface area contributed by atoms with E-state index < -0.39 is 0 Å². The van der Waals surface area contributed by atoms with Crippen LogP contribution >= 0.6 is 22.9 Å². The van der Waals surface area contributed by atoms with Crippen LogP contribution in [0, 0.1) is 25.2 Å². The maximum Gasteiger partial charge on any atom is 0.259 e. The summed E-state index contributed by atoms with van der Waals surface area (Å²) in [6.45, 7) is 11.1. The van der Waals surface area contributed by atoms with Crippen LogP contribution in [0.25, 0.3) is 5.69 Å². The Hall–Kier alpha value is -3.22. The van der Waals surface area contributed by atoms with Crippen molar-refractivity contribution in [3.05, 3.63) is 92.8 Å². The van der Waals surface area contributed by atoms with E-state index in [-0.39, 0.29) is 11.3 Å². The predicted octanol–water partition coefficient (Wildman–Crippen LogP) is 8.36. The quantitative estimate of drug-likeness (QED) is 0.256. The number of carbonyl (C=O) groups excluding carboxylic acids is 1. The lowest BCUT2D eigenvalue weighted by Gasteiger charge is -2.33. The molecule has 1 amide bonds. The Kier molecular flexibility index (Phi) is 7.30. The number of hydrogen-bond donors (Lipinski definition) is 1. The zero-order valence-electron chi connectivity index (χ0n) is 22.5. The lowest BCUT2D eigenvalue weighted by atomic mass is 9.72. The van der Waals surface area contributed by atoms with Gasteiger partial charge in [0.05, 0.1) is 17.4 Å². The molecule has 0 aliphatic heterocycles. The van der Waals surface area contributed by atoms with Crippen molar-refractivity contribution in [3.63, 3.8) is 0 Å². The van der Waals surface area contributed by atoms with Gasteiger partial charge in [-0.2, -0.15) is 0 Å². The monoisotopic (exact) mass is 544 g/mol. The van der Waals surface area contributed by atoms with Gasteiger partial charge >= 0.3 is 0 Å². The molecule has 1 N–H and O–H groups in total. The molecule has 0 radical (unpaired) electrons. The van der Waals surface area contributed by atoms with Gasteiger partial charge in [0.15, 0.2) is 0 Å². The molecule has 4 aromatic rings. The van der Waals surface area contributed by atoms with E-state index in [1.54, 1.807) is 29.7 Å². The SMILES string of the molecule is Cc1cc(C=Nc2sc3c(c2C(=O)Nc2ccc(Cl)cc2)CC[C@@H](C(C)(C)C)C3)c(C)n1-c1cccnc1. The molecule has 7 heteroatoms. The molecular weight excluding hydrogens is 512 g/mol. The highest BCUT2D eigenvalue weighted by Gasteiger charge is 2.33. The summed E-state index contributed by atoms with van der Waals surface area (Å²) in [6, 6.07) is 13.3. The van der Waals surface area contributed by atoms with E-state index in [2.05, 4.69) is 55.6 Å². The van der Waals surface area contributed by atoms with Crippen LogP contribution in [0.4, 0.5) is 10.7 Å². The number of anilines is 1. The number of thiophene rings is 1. The van der Waals surface area contributed by atoms with E-state index in [1.807, 2.05) is 36.7 Å². The predicted molar refractivity (Wildman–Crippen MR) is 159 cm³/mol. The molecule has 0 unspecified atom stereocenters. The number of nitrogens with one attached hydrogen (secondary N) is 1. The summed E-state index contributed by atoms with van der Waals surface area (Å²) in [5, 5.41) is 4.48. The highest BCUT2D eigenvalue weighted by atomic mass is 35.5. The van der Waals surface area contributed by atoms with Crippen molar-refractivity contribution in [1.29, 1.82) is 0 Å². The van der Waals surface area contributed by atoms with Crippen molar-refractivity contribution < 1.29 is 4.79 Å². The summed E-state index contributed by atoms with van der Waals surface area (Å²) < 4.78 is 2.18. The van der Waals surface area contributed by atoms with Crippen molar-refractivity contribution in [1.82, 2.24) is 9.55 Å². The molecule has 1 aromatic carbocycles. The average Bonchev–Trinajstić information content (AvgIpc) is 3.39. The van der Waals surface area contributed by atoms with E-state index in [9.17, 15) is 4.79 Å². The van der Waals surface area contributed by atoms with Gasteiger partial charge in [0, 0.05) is 44.9 Å². The van der Waals surface area contributed by atoms with Crippen molar-refractivity contribution in [2.75, 3.05) is 5.32 Å². The Balaban J connectivity index is 1.52. The third-order valence-electron chi connectivity index (χ3n) is 7.50. The number of fused-ring (bicyclic) bond motifs is 1. The molecule has 0 spiro atoms. The lowest BCUT2D eigenvalue weighted by molar-refractivity contribution is 0.102. The number of amides is 1. The fourth-order valence-corrected chi connectivity index (χ4v) is 6.69. The Morgan fingerprint density at radius 3 is 2.66 bits per heavy atom. The third-order valence-corrected chi connectivity index (χ3v) is 8.91. The number of nitrogens with zero attached hydrogens (tertiary/aromatic N) is 3. The van der Waals surface area contributed by atoms with Crippen molar-refractivity contribution in [3.8, 4) is 5.69 Å². The molecule has 1 atom stereocenters. The van der Waals surface area contributed by atoms with Gasteiger partial charge < -0.3 is 9.88 Å². The molecular formula is C31H33ClN4OS. The molecule has 1 aliphatic carbocycles. The molecule has 0 bridgehead atoms. The molecule has 196 valence electrons. The highest BCUT2D eigenvalue weighted by molar-refractivity contribution is 7.16. The Labute approximate surface area is 233 Å². The van der Waals surface area contributed by atoms with Crippen LogP contribution in [0.2, 0.25) is 5.02 Å². The van der Waals surface area contributed by atoms with E-state index in [4.69, 9.17) is 16.6 Å². The minimum Gasteiger partial charge on any atom is -0.322 e. The summed E-state index contributed by atoms with van der Waals surface area (Å²) in [4.78, 5) is 24.1. The minimum absolute atomic E-state index is 0.119. The normalized spacial score (nSPS) is 15.6. The van der Waals surface area contributed by atoms with Gasteiger partial charge in [-0.15, -0.1) is 11.3 Å². The fraction of sp³-hybridized carbons (Fsp3) is 0.323. The summed E-state index contributed by atoms with van der Waals surface area (Å²) >= 11 is 7.71. The largest absolute Gasteiger partial charge is 0.322 e. The second kappa shape index (κ2) is 10.5. The first-order chi connectivity index (χ1) is 18.1. The number of carbonyl (C=O) groups is 1. The third kappa shape index (κ3) is 5.33. The number of benzene rings is 1. The summed E-state index contributed by atoms with van der Waals surface area (Å²) in [5.41, 5.74) is 7.02. The van der Waals surface area contributed by atoms with Crippen LogP contribution in [0.15, 0.2) is 59.9 Å². The van der Waals surface area contributed by atoms with E-state index in [0.717, 1.165) is 58.2 Å². The van der Waals surface area contributed by atoms with Gasteiger partial charge in [0.1, 0.15) is 5.00 Å². The molecule has 5 rings (SSSR count). The second-order valence-electron chi connectivity index (χ2n) is 11.1. The van der Waals surface area contributed by atoms with Gasteiger partial charge in [0.25, 0.3) is 5.91 Å². The number of aromatic nitrogens is 2. The van der Waals surface area contributed by atoms with Crippen LogP contribution in [-0.2, 0) is 12.8 Å². The fourth-order valence-electron chi connectivity index (χ4n) is 5.29. The molecule has 0 fully saturated rings. The Morgan fingerprint density at radius 2 is 1.97 bits per heavy atom. The summed E-state index contributed by atoms with van der Waals surface area (Å²) in [5.74, 6) is 0.461. The van der Waals surface area contributed by atoms with Crippen LogP contribution in [-0.4, -0.2) is 21.7 Å². The number of halogens is 1. The average molecular weight is 545 g/mol. The summed E-state index contributed by atoms with van der Waals surface area (Å²) in [7, 11) is 0. The van der Waals surface area contributed by atoms with Gasteiger partial charge in [-0.3, -0.25) is 9.78 Å². The van der Waals surface area contributed by atoms with E-state index in [1.165, 1.54) is 4.88 Å². The molecule has 38 heavy (non-hydrogen) atoms. The van der Waals surface area contributed by atoms with Crippen LogP contribution in [0.5, 0.6) is 0 Å². The first kappa shape index (κ1) is 26.4. The number of hydrogen-bond acceptors (Lipinski definition) is 4. The summed E-state index contributed by atoms with van der Waals surface area (Å²) in [6.07, 6.45) is 8.48. The molecule has 0 saturated carbocycles. The first-order valence-electron chi connectivity index (χ1n) is 13.0. The molecule has 5 nitrogen and oxygen atoms in total. The first-order valence-corrected chi connectivity index (χ1v) is 14.2. The Morgan fingerprint density at radius 1 is 1.21 bits per heavy atom. The maximum absolute atomic E-state index is 13.6. The Bertz CT molecular complexity index is 1490. The number of aryl methyl sites for hydroxylation is 1. The topological polar surface area (TPSA) is 59.3 Å². The zero-order chi connectivity index (χ0) is 27.0. The molecule has 1 aliphatic rings. The van der Waals surface area contributed by atoms with E-state index >= 15 is 0 Å². The van der Waals surface area contributed by atoms with Crippen LogP contribution < -0.4 is 5.32 Å². The number of aliphatic imine (C=N–C) groups is 1. The zero-order valence-corrected chi connectivity index (χ0v) is 24.1. The number of pyridine rings is 1. The van der Waals surface area contributed by atoms with Crippen LogP contribution in [0.1, 0.15) is 64.9 Å². The van der Waals surface area contributed by atoms with Crippen molar-refractivity contribution >= 4 is 45.7 Å². The van der Waals surface area contributed by atoms with Gasteiger partial charge in [-0.25, -0.2) is 4.99 Å². The number of rotatable bonds is 5. The van der Waals surface area contributed by atoms with Gasteiger partial charge in [-0.1, -0.05) is 32.4 Å². The lowest BCUT2D eigenvalue weighted by Crippen LogP contribution is -2.27. The van der Waals surface area contributed by atoms with Gasteiger partial charge in [-0.05, 0) is 92.5 Å². The molecule has 0 saturated heterocycles. The standard InChI is InChI=1S/C31H33ClN4OS/c1-19-15-21(20(2)36(19)25-7-6-14-33-18-25)17-34-30-28(29(37)35-24-11-9-23(32)10-12-24)26-13-8-22(31(3,4)5)16-27(26)38-30/h6-7,9-12,14-15,17-18,22H,8,13,16H2,1-5H3,(H,35,37)/t22-/m1/s1. The van der Waals surface area contributed by atoms with E-state index in [0.29, 0.717) is 16.5 Å².